The standard InChI is InChI=1S/C24H32N2O4/c1-2-3-19-4-7-22(8-5-19)28-17-21(27)16-26-12-10-25(11-13-26)15-20-6-9-23-24(14-20)30-18-29-23/h4-9,14,21,27H,2-3,10-13,15-18H2,1H3/t21-/m1/s1. The van der Waals surface area contributed by atoms with Gasteiger partial charge < -0.3 is 19.3 Å². The van der Waals surface area contributed by atoms with E-state index in [9.17, 15) is 5.11 Å². The smallest absolute Gasteiger partial charge is 0.231 e. The maximum Gasteiger partial charge on any atom is 0.231 e. The van der Waals surface area contributed by atoms with Crippen LogP contribution in [0.3, 0.4) is 0 Å². The van der Waals surface area contributed by atoms with Crippen LogP contribution in [-0.2, 0) is 13.0 Å². The van der Waals surface area contributed by atoms with Gasteiger partial charge in [-0.2, -0.15) is 0 Å². The van der Waals surface area contributed by atoms with E-state index in [2.05, 4.69) is 41.0 Å². The third kappa shape index (κ3) is 5.65. The summed E-state index contributed by atoms with van der Waals surface area (Å²) in [4.78, 5) is 4.75. The first-order valence-corrected chi connectivity index (χ1v) is 10.9. The number of benzene rings is 2. The summed E-state index contributed by atoms with van der Waals surface area (Å²) in [5.74, 6) is 2.49. The lowest BCUT2D eigenvalue weighted by Gasteiger charge is -2.35. The molecule has 0 bridgehead atoms. The van der Waals surface area contributed by atoms with Crippen LogP contribution in [0.1, 0.15) is 24.5 Å². The molecule has 1 atom stereocenters. The number of rotatable bonds is 9. The summed E-state index contributed by atoms with van der Waals surface area (Å²) in [6, 6.07) is 14.4. The molecule has 2 aromatic carbocycles. The minimum atomic E-state index is -0.485. The summed E-state index contributed by atoms with van der Waals surface area (Å²) in [7, 11) is 0. The average Bonchev–Trinajstić information content (AvgIpc) is 3.23. The summed E-state index contributed by atoms with van der Waals surface area (Å²) in [6.07, 6.45) is 1.74. The Kier molecular flexibility index (Phi) is 7.10. The minimum absolute atomic E-state index is 0.313. The summed E-state index contributed by atoms with van der Waals surface area (Å²) >= 11 is 0. The first kappa shape index (κ1) is 21.0. The molecule has 6 nitrogen and oxygen atoms in total. The van der Waals surface area contributed by atoms with Crippen LogP contribution in [0, 0.1) is 0 Å². The van der Waals surface area contributed by atoms with Crippen molar-refractivity contribution in [1.29, 1.82) is 0 Å². The van der Waals surface area contributed by atoms with Crippen molar-refractivity contribution in [2.45, 2.75) is 32.4 Å². The molecule has 4 rings (SSSR count). The lowest BCUT2D eigenvalue weighted by molar-refractivity contribution is 0.0446. The number of aliphatic hydroxyl groups excluding tert-OH is 1. The van der Waals surface area contributed by atoms with Crippen LogP contribution in [0.15, 0.2) is 42.5 Å². The van der Waals surface area contributed by atoms with E-state index in [1.165, 1.54) is 11.1 Å². The highest BCUT2D eigenvalue weighted by Gasteiger charge is 2.21. The maximum absolute atomic E-state index is 10.4. The van der Waals surface area contributed by atoms with Crippen LogP contribution in [0.25, 0.3) is 0 Å². The Morgan fingerprint density at radius 3 is 2.40 bits per heavy atom. The van der Waals surface area contributed by atoms with Gasteiger partial charge in [-0.05, 0) is 41.8 Å². The Morgan fingerprint density at radius 1 is 0.933 bits per heavy atom. The largest absolute Gasteiger partial charge is 0.491 e. The number of β-amino-alcohol motifs (C(OH)–C–C–N with tert-alkyl or cyclic N) is 1. The first-order chi connectivity index (χ1) is 14.7. The molecule has 0 aliphatic carbocycles. The van der Waals surface area contributed by atoms with Crippen LogP contribution in [0.5, 0.6) is 17.2 Å². The number of fused-ring (bicyclic) bond motifs is 1. The van der Waals surface area contributed by atoms with Crippen molar-refractivity contribution < 1.29 is 19.3 Å². The Morgan fingerprint density at radius 2 is 1.63 bits per heavy atom. The average molecular weight is 413 g/mol. The number of hydrogen-bond acceptors (Lipinski definition) is 6. The van der Waals surface area contributed by atoms with Crippen molar-refractivity contribution in [3.63, 3.8) is 0 Å². The molecule has 2 aliphatic rings. The fraction of sp³-hybridized carbons (Fsp3) is 0.500. The van der Waals surface area contributed by atoms with Gasteiger partial charge >= 0.3 is 0 Å². The summed E-state index contributed by atoms with van der Waals surface area (Å²) in [6.45, 7) is 8.24. The zero-order chi connectivity index (χ0) is 20.8. The highest BCUT2D eigenvalue weighted by molar-refractivity contribution is 5.44. The lowest BCUT2D eigenvalue weighted by atomic mass is 10.1. The fourth-order valence-electron chi connectivity index (χ4n) is 4.01. The third-order valence-electron chi connectivity index (χ3n) is 5.68. The van der Waals surface area contributed by atoms with Gasteiger partial charge in [0, 0.05) is 39.3 Å². The molecule has 0 unspecified atom stereocenters. The van der Waals surface area contributed by atoms with Gasteiger partial charge in [-0.3, -0.25) is 9.80 Å². The van der Waals surface area contributed by atoms with E-state index in [-0.39, 0.29) is 0 Å². The van der Waals surface area contributed by atoms with E-state index < -0.39 is 6.10 Å². The van der Waals surface area contributed by atoms with Crippen molar-refractivity contribution in [1.82, 2.24) is 9.80 Å². The zero-order valence-electron chi connectivity index (χ0n) is 17.8. The van der Waals surface area contributed by atoms with Gasteiger partial charge in [0.15, 0.2) is 11.5 Å². The molecule has 0 spiro atoms. The summed E-state index contributed by atoms with van der Waals surface area (Å²) in [5, 5.41) is 10.4. The summed E-state index contributed by atoms with van der Waals surface area (Å²) < 4.78 is 16.6. The van der Waals surface area contributed by atoms with Crippen molar-refractivity contribution >= 4 is 0 Å². The quantitative estimate of drug-likeness (QED) is 0.684. The van der Waals surface area contributed by atoms with Crippen LogP contribution < -0.4 is 14.2 Å². The van der Waals surface area contributed by atoms with Crippen molar-refractivity contribution in [3.8, 4) is 17.2 Å². The third-order valence-corrected chi connectivity index (χ3v) is 5.68. The Labute approximate surface area is 179 Å². The topological polar surface area (TPSA) is 54.4 Å². The molecule has 0 radical (unpaired) electrons. The Hall–Kier alpha value is -2.28. The minimum Gasteiger partial charge on any atom is -0.491 e. The molecule has 1 saturated heterocycles. The predicted molar refractivity (Wildman–Crippen MR) is 116 cm³/mol. The molecule has 2 heterocycles. The molecule has 2 aromatic rings. The second kappa shape index (κ2) is 10.2. The van der Waals surface area contributed by atoms with Gasteiger partial charge in [-0.25, -0.2) is 0 Å². The highest BCUT2D eigenvalue weighted by atomic mass is 16.7. The van der Waals surface area contributed by atoms with E-state index in [1.807, 2.05) is 18.2 Å². The number of aryl methyl sites for hydroxylation is 1. The maximum atomic E-state index is 10.4. The second-order valence-electron chi connectivity index (χ2n) is 8.12. The molecule has 6 heteroatoms. The molecule has 2 aliphatic heterocycles. The fourth-order valence-corrected chi connectivity index (χ4v) is 4.01. The second-order valence-corrected chi connectivity index (χ2v) is 8.12. The molecule has 1 N–H and O–H groups in total. The molecule has 162 valence electrons. The van der Waals surface area contributed by atoms with Gasteiger partial charge in [0.1, 0.15) is 18.5 Å². The number of ether oxygens (including phenoxy) is 3. The molecule has 1 fully saturated rings. The van der Waals surface area contributed by atoms with Crippen molar-refractivity contribution in [2.75, 3.05) is 46.1 Å². The van der Waals surface area contributed by atoms with Gasteiger partial charge in [-0.15, -0.1) is 0 Å². The zero-order valence-corrected chi connectivity index (χ0v) is 17.8. The van der Waals surface area contributed by atoms with Crippen LogP contribution in [-0.4, -0.2) is 67.1 Å². The van der Waals surface area contributed by atoms with Crippen molar-refractivity contribution in [2.24, 2.45) is 0 Å². The number of piperazine rings is 1. The van der Waals surface area contributed by atoms with E-state index in [0.29, 0.717) is 19.9 Å². The number of aliphatic hydroxyl groups is 1. The SMILES string of the molecule is CCCc1ccc(OC[C@H](O)CN2CCN(Cc3ccc4c(c3)OCO4)CC2)cc1. The Balaban J connectivity index is 1.16. The molecule has 0 saturated carbocycles. The molecule has 30 heavy (non-hydrogen) atoms. The van der Waals surface area contributed by atoms with Crippen LogP contribution in [0.2, 0.25) is 0 Å². The Bertz CT molecular complexity index is 803. The van der Waals surface area contributed by atoms with Crippen LogP contribution in [0.4, 0.5) is 0 Å². The first-order valence-electron chi connectivity index (χ1n) is 10.9. The molecule has 0 amide bonds. The normalized spacial score (nSPS) is 17.8. The van der Waals surface area contributed by atoms with Crippen LogP contribution >= 0.6 is 0 Å². The molecular formula is C24H32N2O4. The van der Waals surface area contributed by atoms with Gasteiger partial charge in [0.25, 0.3) is 0 Å². The number of nitrogens with zero attached hydrogens (tertiary/aromatic N) is 2. The number of hydrogen-bond donors (Lipinski definition) is 1. The lowest BCUT2D eigenvalue weighted by Crippen LogP contribution is -2.48. The van der Waals surface area contributed by atoms with E-state index in [1.54, 1.807) is 0 Å². The van der Waals surface area contributed by atoms with Gasteiger partial charge in [0.05, 0.1) is 0 Å². The van der Waals surface area contributed by atoms with E-state index >= 15 is 0 Å². The van der Waals surface area contributed by atoms with Gasteiger partial charge in [0.2, 0.25) is 6.79 Å². The highest BCUT2D eigenvalue weighted by Crippen LogP contribution is 2.32. The predicted octanol–water partition coefficient (Wildman–Crippen LogP) is 2.93. The van der Waals surface area contributed by atoms with E-state index in [0.717, 1.165) is 62.8 Å². The monoisotopic (exact) mass is 412 g/mol. The molecule has 0 aromatic heterocycles. The summed E-state index contributed by atoms with van der Waals surface area (Å²) in [5.41, 5.74) is 2.56. The van der Waals surface area contributed by atoms with E-state index in [4.69, 9.17) is 14.2 Å². The molecular weight excluding hydrogens is 380 g/mol. The van der Waals surface area contributed by atoms with Crippen molar-refractivity contribution in [3.05, 3.63) is 53.6 Å². The van der Waals surface area contributed by atoms with Gasteiger partial charge in [-0.1, -0.05) is 31.5 Å².